The first-order valence-electron chi connectivity index (χ1n) is 9.48. The zero-order chi connectivity index (χ0) is 19.4. The summed E-state index contributed by atoms with van der Waals surface area (Å²) in [5.74, 6) is 0.514. The Kier molecular flexibility index (Phi) is 5.96. The Labute approximate surface area is 161 Å². The van der Waals surface area contributed by atoms with Gasteiger partial charge in [0.05, 0.1) is 5.56 Å². The molecule has 1 fully saturated rings. The molecule has 0 aliphatic carbocycles. The van der Waals surface area contributed by atoms with Gasteiger partial charge in [-0.3, -0.25) is 9.69 Å². The lowest BCUT2D eigenvalue weighted by Crippen LogP contribution is -2.48. The zero-order valence-electron chi connectivity index (χ0n) is 16.6. The molecular formula is C21H29N5O. The number of carbonyl (C=O) groups excluding carboxylic acids is 1. The number of nitrogens with zero attached hydrogens (tertiary/aromatic N) is 4. The van der Waals surface area contributed by atoms with E-state index in [1.807, 2.05) is 31.1 Å². The molecule has 0 saturated carbocycles. The molecule has 0 bridgehead atoms. The van der Waals surface area contributed by atoms with Crippen LogP contribution in [0, 0.1) is 0 Å². The lowest BCUT2D eigenvalue weighted by molar-refractivity contribution is 0.102. The van der Waals surface area contributed by atoms with Crippen molar-refractivity contribution in [3.63, 3.8) is 0 Å². The van der Waals surface area contributed by atoms with Gasteiger partial charge in [-0.15, -0.1) is 0 Å². The van der Waals surface area contributed by atoms with Crippen LogP contribution in [0.5, 0.6) is 0 Å². The van der Waals surface area contributed by atoms with Gasteiger partial charge in [-0.2, -0.15) is 0 Å². The molecule has 0 atom stereocenters. The lowest BCUT2D eigenvalue weighted by atomic mass is 10.2. The van der Waals surface area contributed by atoms with Crippen LogP contribution in [-0.4, -0.2) is 62.1 Å². The van der Waals surface area contributed by atoms with E-state index in [9.17, 15) is 4.79 Å². The highest BCUT2D eigenvalue weighted by Crippen LogP contribution is 2.22. The molecule has 6 heteroatoms. The highest BCUT2D eigenvalue weighted by Gasteiger charge is 2.19. The van der Waals surface area contributed by atoms with Gasteiger partial charge in [0.25, 0.3) is 5.91 Å². The first kappa shape index (κ1) is 19.2. The van der Waals surface area contributed by atoms with Gasteiger partial charge in [0.1, 0.15) is 5.82 Å². The van der Waals surface area contributed by atoms with Crippen LogP contribution in [0.1, 0.15) is 24.2 Å². The minimum atomic E-state index is -0.148. The first-order chi connectivity index (χ1) is 13.0. The number of hydrogen-bond acceptors (Lipinski definition) is 5. The smallest absolute Gasteiger partial charge is 0.259 e. The minimum absolute atomic E-state index is 0.148. The first-order valence-corrected chi connectivity index (χ1v) is 9.48. The van der Waals surface area contributed by atoms with Crippen molar-refractivity contribution in [1.29, 1.82) is 0 Å². The van der Waals surface area contributed by atoms with Crippen molar-refractivity contribution in [2.24, 2.45) is 0 Å². The number of hydrogen-bond donors (Lipinski definition) is 1. The number of aromatic nitrogens is 1. The monoisotopic (exact) mass is 367 g/mol. The fourth-order valence-electron chi connectivity index (χ4n) is 3.38. The number of amides is 1. The number of nitrogens with one attached hydrogen (secondary N) is 1. The number of benzene rings is 1. The largest absolute Gasteiger partial charge is 0.369 e. The highest BCUT2D eigenvalue weighted by molar-refractivity contribution is 6.07. The Hall–Kier alpha value is -2.60. The Bertz CT molecular complexity index is 764. The summed E-state index contributed by atoms with van der Waals surface area (Å²) in [6, 6.07) is 12.3. The second kappa shape index (κ2) is 8.39. The maximum atomic E-state index is 12.6. The van der Waals surface area contributed by atoms with Gasteiger partial charge in [0, 0.05) is 63.9 Å². The van der Waals surface area contributed by atoms with Gasteiger partial charge in [0.15, 0.2) is 0 Å². The van der Waals surface area contributed by atoms with Crippen molar-refractivity contribution in [3.05, 3.63) is 48.2 Å². The van der Waals surface area contributed by atoms with E-state index in [1.165, 1.54) is 5.69 Å². The molecule has 2 aromatic rings. The molecule has 0 radical (unpaired) electrons. The van der Waals surface area contributed by atoms with Crippen LogP contribution in [0.25, 0.3) is 0 Å². The standard InChI is InChI=1S/C21H29N5O/c1-16(2)25-12-14-26(15-13-25)18-9-7-17(8-10-18)23-21(27)19-6-5-11-22-20(19)24(3)4/h5-11,16H,12-15H2,1-4H3,(H,23,27). The van der Waals surface area contributed by atoms with Gasteiger partial charge < -0.3 is 15.1 Å². The third-order valence-corrected chi connectivity index (χ3v) is 4.99. The molecule has 6 nitrogen and oxygen atoms in total. The van der Waals surface area contributed by atoms with Crippen LogP contribution in [0.4, 0.5) is 17.2 Å². The Balaban J connectivity index is 1.64. The van der Waals surface area contributed by atoms with E-state index in [1.54, 1.807) is 18.3 Å². The van der Waals surface area contributed by atoms with E-state index in [0.717, 1.165) is 31.9 Å². The van der Waals surface area contributed by atoms with E-state index in [4.69, 9.17) is 0 Å². The summed E-state index contributed by atoms with van der Waals surface area (Å²) < 4.78 is 0. The Morgan fingerprint density at radius 3 is 2.33 bits per heavy atom. The maximum absolute atomic E-state index is 12.6. The predicted octanol–water partition coefficient (Wildman–Crippen LogP) is 2.93. The van der Waals surface area contributed by atoms with Crippen LogP contribution >= 0.6 is 0 Å². The van der Waals surface area contributed by atoms with Crippen LogP contribution < -0.4 is 15.1 Å². The SMILES string of the molecule is CC(C)N1CCN(c2ccc(NC(=O)c3cccnc3N(C)C)cc2)CC1. The van der Waals surface area contributed by atoms with Gasteiger partial charge in [-0.1, -0.05) is 0 Å². The van der Waals surface area contributed by atoms with Crippen molar-refractivity contribution in [2.75, 3.05) is 55.4 Å². The third kappa shape index (κ3) is 4.57. The third-order valence-electron chi connectivity index (χ3n) is 4.99. The molecule has 27 heavy (non-hydrogen) atoms. The predicted molar refractivity (Wildman–Crippen MR) is 112 cm³/mol. The van der Waals surface area contributed by atoms with Gasteiger partial charge in [-0.25, -0.2) is 4.98 Å². The molecule has 144 valence electrons. The number of anilines is 3. The zero-order valence-corrected chi connectivity index (χ0v) is 16.6. The molecule has 1 aliphatic rings. The quantitative estimate of drug-likeness (QED) is 0.881. The summed E-state index contributed by atoms with van der Waals surface area (Å²) in [4.78, 5) is 23.7. The number of carbonyl (C=O) groups is 1. The maximum Gasteiger partial charge on any atom is 0.259 e. The van der Waals surface area contributed by atoms with E-state index >= 15 is 0 Å². The second-order valence-corrected chi connectivity index (χ2v) is 7.39. The van der Waals surface area contributed by atoms with E-state index in [-0.39, 0.29) is 5.91 Å². The molecule has 1 amide bonds. The molecule has 3 rings (SSSR count). The van der Waals surface area contributed by atoms with Gasteiger partial charge in [-0.05, 0) is 50.2 Å². The van der Waals surface area contributed by atoms with Gasteiger partial charge >= 0.3 is 0 Å². The highest BCUT2D eigenvalue weighted by atomic mass is 16.1. The molecule has 1 aromatic heterocycles. The normalized spacial score (nSPS) is 15.1. The Morgan fingerprint density at radius 1 is 1.07 bits per heavy atom. The van der Waals surface area contributed by atoms with Crippen molar-refractivity contribution in [1.82, 2.24) is 9.88 Å². The molecule has 0 spiro atoms. The average Bonchev–Trinajstić information content (AvgIpc) is 2.68. The molecule has 1 saturated heterocycles. The van der Waals surface area contributed by atoms with Crippen molar-refractivity contribution < 1.29 is 4.79 Å². The number of pyridine rings is 1. The van der Waals surface area contributed by atoms with Crippen LogP contribution in [-0.2, 0) is 0 Å². The summed E-state index contributed by atoms with van der Waals surface area (Å²) in [5, 5.41) is 2.97. The summed E-state index contributed by atoms with van der Waals surface area (Å²) in [6.07, 6.45) is 1.69. The van der Waals surface area contributed by atoms with E-state index in [2.05, 4.69) is 46.1 Å². The fourth-order valence-corrected chi connectivity index (χ4v) is 3.38. The number of piperazine rings is 1. The molecule has 1 aliphatic heterocycles. The summed E-state index contributed by atoms with van der Waals surface area (Å²) in [6.45, 7) is 8.74. The topological polar surface area (TPSA) is 51.7 Å². The lowest BCUT2D eigenvalue weighted by Gasteiger charge is -2.38. The molecule has 0 unspecified atom stereocenters. The minimum Gasteiger partial charge on any atom is -0.369 e. The van der Waals surface area contributed by atoms with Crippen molar-refractivity contribution >= 4 is 23.1 Å². The molecule has 1 aromatic carbocycles. The summed E-state index contributed by atoms with van der Waals surface area (Å²) in [7, 11) is 3.76. The Morgan fingerprint density at radius 2 is 1.74 bits per heavy atom. The van der Waals surface area contributed by atoms with Crippen LogP contribution in [0.15, 0.2) is 42.6 Å². The van der Waals surface area contributed by atoms with Crippen LogP contribution in [0.3, 0.4) is 0 Å². The van der Waals surface area contributed by atoms with Crippen LogP contribution in [0.2, 0.25) is 0 Å². The van der Waals surface area contributed by atoms with Crippen molar-refractivity contribution in [2.45, 2.75) is 19.9 Å². The number of rotatable bonds is 5. The van der Waals surface area contributed by atoms with Gasteiger partial charge in [0.2, 0.25) is 0 Å². The molecular weight excluding hydrogens is 338 g/mol. The van der Waals surface area contributed by atoms with E-state index in [0.29, 0.717) is 17.4 Å². The molecule has 1 N–H and O–H groups in total. The van der Waals surface area contributed by atoms with E-state index < -0.39 is 0 Å². The summed E-state index contributed by atoms with van der Waals surface area (Å²) in [5.41, 5.74) is 2.56. The summed E-state index contributed by atoms with van der Waals surface area (Å²) >= 11 is 0. The van der Waals surface area contributed by atoms with Crippen molar-refractivity contribution in [3.8, 4) is 0 Å². The fraction of sp³-hybridized carbons (Fsp3) is 0.429. The molecule has 2 heterocycles. The average molecular weight is 367 g/mol. The second-order valence-electron chi connectivity index (χ2n) is 7.39.